The van der Waals surface area contributed by atoms with Crippen LogP contribution in [0.2, 0.25) is 0 Å². The van der Waals surface area contributed by atoms with Crippen LogP contribution in [-0.4, -0.2) is 40.8 Å². The Balaban J connectivity index is 1.87. The molecule has 2 aliphatic rings. The topological polar surface area (TPSA) is 85.2 Å². The van der Waals surface area contributed by atoms with Crippen LogP contribution >= 0.6 is 11.3 Å². The highest BCUT2D eigenvalue weighted by Gasteiger charge is 2.43. The minimum absolute atomic E-state index is 0.0493. The highest BCUT2D eigenvalue weighted by atomic mass is 32.1. The molecule has 0 spiro atoms. The van der Waals surface area contributed by atoms with Gasteiger partial charge < -0.3 is 16.4 Å². The number of likely N-dealkylation sites (N-methyl/N-ethyl adjacent to an activating group) is 1. The zero-order valence-electron chi connectivity index (χ0n) is 11.9. The number of Topliss-reactive ketones (excluding diaryl/α,β-unsaturated/α-hetero) is 1. The summed E-state index contributed by atoms with van der Waals surface area (Å²) in [5.74, 6) is -0.0493. The van der Waals surface area contributed by atoms with Crippen LogP contribution in [0.5, 0.6) is 0 Å². The quantitative estimate of drug-likeness (QED) is 0.792. The maximum atomic E-state index is 12.8. The third-order valence-corrected chi connectivity index (χ3v) is 5.71. The molecular weight excluding hydrogens is 272 g/mol. The summed E-state index contributed by atoms with van der Waals surface area (Å²) < 4.78 is 0. The first-order valence-corrected chi connectivity index (χ1v) is 8.09. The molecule has 0 saturated heterocycles. The predicted octanol–water partition coefficient (Wildman–Crippen LogP) is 0.913. The monoisotopic (exact) mass is 294 g/mol. The van der Waals surface area contributed by atoms with E-state index in [1.165, 1.54) is 16.2 Å². The zero-order chi connectivity index (χ0) is 14.3. The smallest absolute Gasteiger partial charge is 0.212 e. The lowest BCUT2D eigenvalue weighted by Gasteiger charge is -2.36. The van der Waals surface area contributed by atoms with Crippen LogP contribution in [0, 0.1) is 0 Å². The van der Waals surface area contributed by atoms with Crippen molar-refractivity contribution in [3.05, 3.63) is 15.6 Å². The summed E-state index contributed by atoms with van der Waals surface area (Å²) >= 11 is 1.52. The lowest BCUT2D eigenvalue weighted by Crippen LogP contribution is -2.62. The Labute approximate surface area is 123 Å². The number of carbonyl (C=O) groups excluding carboxylic acids is 1. The van der Waals surface area contributed by atoms with E-state index in [0.717, 1.165) is 44.5 Å². The first kappa shape index (κ1) is 14.1. The van der Waals surface area contributed by atoms with E-state index in [0.29, 0.717) is 11.4 Å². The number of fused-ring (bicyclic) bond motifs is 1. The standard InChI is InChI=1S/C14H22N4OS/c1-18-7-5-10-9(8-18)17-13(20-10)12(19)14(16)6-3-2-4-11(14)15/h11H,2-8,15-16H2,1H3. The van der Waals surface area contributed by atoms with Crippen molar-refractivity contribution in [1.29, 1.82) is 0 Å². The van der Waals surface area contributed by atoms with E-state index in [9.17, 15) is 4.79 Å². The lowest BCUT2D eigenvalue weighted by atomic mass is 9.76. The van der Waals surface area contributed by atoms with Gasteiger partial charge in [-0.05, 0) is 26.3 Å². The average molecular weight is 294 g/mol. The minimum Gasteiger partial charge on any atom is -0.326 e. The summed E-state index contributed by atoms with van der Waals surface area (Å²) in [6, 6.07) is -0.243. The molecule has 0 aromatic carbocycles. The van der Waals surface area contributed by atoms with Gasteiger partial charge in [0.05, 0.1) is 11.2 Å². The van der Waals surface area contributed by atoms with Crippen LogP contribution < -0.4 is 11.5 Å². The third-order valence-electron chi connectivity index (χ3n) is 4.55. The molecule has 20 heavy (non-hydrogen) atoms. The third kappa shape index (κ3) is 2.30. The fraction of sp³-hybridized carbons (Fsp3) is 0.714. The van der Waals surface area contributed by atoms with E-state index < -0.39 is 5.54 Å². The maximum Gasteiger partial charge on any atom is 0.212 e. The Bertz CT molecular complexity index is 529. The summed E-state index contributed by atoms with van der Waals surface area (Å²) in [5, 5.41) is 0.560. The van der Waals surface area contributed by atoms with E-state index in [1.54, 1.807) is 0 Å². The molecule has 110 valence electrons. The van der Waals surface area contributed by atoms with Crippen molar-refractivity contribution in [2.75, 3.05) is 13.6 Å². The van der Waals surface area contributed by atoms with Gasteiger partial charge in [0, 0.05) is 24.0 Å². The Morgan fingerprint density at radius 3 is 3.05 bits per heavy atom. The molecule has 3 rings (SSSR count). The van der Waals surface area contributed by atoms with Gasteiger partial charge in [0.15, 0.2) is 5.01 Å². The van der Waals surface area contributed by atoms with E-state index in [4.69, 9.17) is 11.5 Å². The molecule has 1 aliphatic heterocycles. The van der Waals surface area contributed by atoms with Crippen molar-refractivity contribution in [1.82, 2.24) is 9.88 Å². The van der Waals surface area contributed by atoms with Crippen LogP contribution in [0.1, 0.15) is 46.1 Å². The van der Waals surface area contributed by atoms with E-state index in [1.807, 2.05) is 0 Å². The molecule has 1 saturated carbocycles. The van der Waals surface area contributed by atoms with Crippen LogP contribution in [0.25, 0.3) is 0 Å². The number of nitrogens with two attached hydrogens (primary N) is 2. The highest BCUT2D eigenvalue weighted by Crippen LogP contribution is 2.32. The summed E-state index contributed by atoms with van der Waals surface area (Å²) in [4.78, 5) is 20.8. The number of hydrogen-bond acceptors (Lipinski definition) is 6. The SMILES string of the molecule is CN1CCc2sc(C(=O)C3(N)CCCCC3N)nc2C1. The normalized spacial score (nSPS) is 31.1. The molecule has 1 aliphatic carbocycles. The van der Waals surface area contributed by atoms with Crippen molar-refractivity contribution in [2.45, 2.75) is 50.2 Å². The number of ketones is 1. The molecule has 0 amide bonds. The van der Waals surface area contributed by atoms with Crippen molar-refractivity contribution in [3.63, 3.8) is 0 Å². The molecule has 2 unspecified atom stereocenters. The molecule has 2 atom stereocenters. The summed E-state index contributed by atoms with van der Waals surface area (Å²) in [6.45, 7) is 1.85. The summed E-state index contributed by atoms with van der Waals surface area (Å²) in [5.41, 5.74) is 12.6. The van der Waals surface area contributed by atoms with Crippen molar-refractivity contribution in [3.8, 4) is 0 Å². The number of nitrogens with zero attached hydrogens (tertiary/aromatic N) is 2. The molecule has 0 radical (unpaired) electrons. The first-order valence-electron chi connectivity index (χ1n) is 7.27. The lowest BCUT2D eigenvalue weighted by molar-refractivity contribution is 0.0822. The van der Waals surface area contributed by atoms with Crippen molar-refractivity contribution >= 4 is 17.1 Å². The first-order chi connectivity index (χ1) is 9.50. The van der Waals surface area contributed by atoms with Crippen molar-refractivity contribution in [2.24, 2.45) is 11.5 Å². The molecule has 1 aromatic heterocycles. The van der Waals surface area contributed by atoms with Crippen LogP contribution in [0.4, 0.5) is 0 Å². The second-order valence-corrected chi connectivity index (χ2v) is 7.18. The Morgan fingerprint density at radius 2 is 2.30 bits per heavy atom. The highest BCUT2D eigenvalue weighted by molar-refractivity contribution is 7.13. The molecule has 0 bridgehead atoms. The largest absolute Gasteiger partial charge is 0.326 e. The van der Waals surface area contributed by atoms with Gasteiger partial charge in [-0.3, -0.25) is 4.79 Å². The molecule has 1 aromatic rings. The molecule has 1 fully saturated rings. The van der Waals surface area contributed by atoms with Gasteiger partial charge in [-0.1, -0.05) is 12.8 Å². The van der Waals surface area contributed by atoms with Gasteiger partial charge >= 0.3 is 0 Å². The predicted molar refractivity (Wildman–Crippen MR) is 79.8 cm³/mol. The van der Waals surface area contributed by atoms with Crippen LogP contribution in [0.3, 0.4) is 0 Å². The second kappa shape index (κ2) is 5.18. The fourth-order valence-corrected chi connectivity index (χ4v) is 4.23. The van der Waals surface area contributed by atoms with Gasteiger partial charge in [0.25, 0.3) is 0 Å². The molecular formula is C14H22N4OS. The molecule has 2 heterocycles. The summed E-state index contributed by atoms with van der Waals surface area (Å²) in [7, 11) is 2.07. The second-order valence-electron chi connectivity index (χ2n) is 6.10. The van der Waals surface area contributed by atoms with Gasteiger partial charge in [-0.25, -0.2) is 4.98 Å². The average Bonchev–Trinajstić information content (AvgIpc) is 2.84. The van der Waals surface area contributed by atoms with E-state index in [-0.39, 0.29) is 11.8 Å². The van der Waals surface area contributed by atoms with Crippen molar-refractivity contribution < 1.29 is 4.79 Å². The molecule has 6 heteroatoms. The molecule has 5 nitrogen and oxygen atoms in total. The number of thiazole rings is 1. The van der Waals surface area contributed by atoms with E-state index in [2.05, 4.69) is 16.9 Å². The summed E-state index contributed by atoms with van der Waals surface area (Å²) in [6.07, 6.45) is 4.52. The molecule has 4 N–H and O–H groups in total. The maximum absolute atomic E-state index is 12.8. The minimum atomic E-state index is -0.912. The Morgan fingerprint density at radius 1 is 1.50 bits per heavy atom. The number of hydrogen-bond donors (Lipinski definition) is 2. The number of rotatable bonds is 2. The fourth-order valence-electron chi connectivity index (χ4n) is 3.13. The Kier molecular flexibility index (Phi) is 3.66. The number of carbonyl (C=O) groups is 1. The van der Waals surface area contributed by atoms with Gasteiger partial charge in [-0.15, -0.1) is 11.3 Å². The van der Waals surface area contributed by atoms with Gasteiger partial charge in [-0.2, -0.15) is 0 Å². The van der Waals surface area contributed by atoms with Gasteiger partial charge in [0.1, 0.15) is 0 Å². The van der Waals surface area contributed by atoms with Crippen LogP contribution in [-0.2, 0) is 13.0 Å². The Hall–Kier alpha value is -0.820. The number of aromatic nitrogens is 1. The van der Waals surface area contributed by atoms with Gasteiger partial charge in [0.2, 0.25) is 5.78 Å². The zero-order valence-corrected chi connectivity index (χ0v) is 12.7. The van der Waals surface area contributed by atoms with E-state index >= 15 is 0 Å². The van der Waals surface area contributed by atoms with Crippen LogP contribution in [0.15, 0.2) is 0 Å².